The molecule has 0 spiro atoms. The molecule has 0 aliphatic carbocycles. The number of hydrogen-bond donors (Lipinski definition) is 3. The Kier molecular flexibility index (Phi) is 5.31. The fourth-order valence-corrected chi connectivity index (χ4v) is 4.01. The van der Waals surface area contributed by atoms with Crippen molar-refractivity contribution in [2.75, 3.05) is 25.0 Å². The molecule has 7 heteroatoms. The molecule has 2 aliphatic rings. The van der Waals surface area contributed by atoms with Crippen molar-refractivity contribution in [2.24, 2.45) is 5.41 Å². The summed E-state index contributed by atoms with van der Waals surface area (Å²) >= 11 is 0. The van der Waals surface area contributed by atoms with E-state index in [9.17, 15) is 0 Å². The summed E-state index contributed by atoms with van der Waals surface area (Å²) in [6.07, 6.45) is 5.68. The highest BCUT2D eigenvalue weighted by Gasteiger charge is 2.33. The van der Waals surface area contributed by atoms with Gasteiger partial charge in [-0.1, -0.05) is 20.8 Å². The Balaban J connectivity index is 1.59. The number of aromatic nitrogens is 3. The van der Waals surface area contributed by atoms with Gasteiger partial charge in [0.2, 0.25) is 0 Å². The summed E-state index contributed by atoms with van der Waals surface area (Å²) in [6, 6.07) is 4.81. The van der Waals surface area contributed by atoms with Gasteiger partial charge in [0.05, 0.1) is 5.69 Å². The third-order valence-corrected chi connectivity index (χ3v) is 5.72. The van der Waals surface area contributed by atoms with Crippen molar-refractivity contribution < 1.29 is 0 Å². The molecule has 0 saturated carbocycles. The number of hydrazine groups is 1. The summed E-state index contributed by atoms with van der Waals surface area (Å²) in [5, 5.41) is 3.43. The van der Waals surface area contributed by atoms with E-state index in [2.05, 4.69) is 53.9 Å². The average Bonchev–Trinajstić information content (AvgIpc) is 3.17. The average molecular weight is 382 g/mol. The molecule has 28 heavy (non-hydrogen) atoms. The van der Waals surface area contributed by atoms with Gasteiger partial charge >= 0.3 is 0 Å². The minimum atomic E-state index is 0.244. The van der Waals surface area contributed by atoms with Crippen LogP contribution in [-0.4, -0.2) is 47.2 Å². The lowest BCUT2D eigenvalue weighted by Crippen LogP contribution is -2.42. The Morgan fingerprint density at radius 2 is 2.07 bits per heavy atom. The van der Waals surface area contributed by atoms with Crippen molar-refractivity contribution in [3.05, 3.63) is 35.8 Å². The van der Waals surface area contributed by atoms with Crippen molar-refractivity contribution in [3.63, 3.8) is 0 Å². The third-order valence-electron chi connectivity index (χ3n) is 5.72. The van der Waals surface area contributed by atoms with Gasteiger partial charge in [-0.15, -0.1) is 0 Å². The summed E-state index contributed by atoms with van der Waals surface area (Å²) in [5.74, 6) is 1.80. The first-order chi connectivity index (χ1) is 13.4. The van der Waals surface area contributed by atoms with E-state index in [4.69, 9.17) is 9.97 Å². The topological polar surface area (TPSA) is 78.0 Å². The van der Waals surface area contributed by atoms with Gasteiger partial charge in [0.15, 0.2) is 5.82 Å². The predicted octanol–water partition coefficient (Wildman–Crippen LogP) is 1.90. The van der Waals surface area contributed by atoms with Crippen molar-refractivity contribution >= 4 is 5.82 Å². The van der Waals surface area contributed by atoms with E-state index in [1.54, 1.807) is 6.20 Å². The van der Waals surface area contributed by atoms with Crippen LogP contribution in [0.2, 0.25) is 0 Å². The number of fused-ring (bicyclic) bond motifs is 1. The maximum absolute atomic E-state index is 4.96. The molecule has 4 rings (SSSR count). The molecule has 0 bridgehead atoms. The van der Waals surface area contributed by atoms with E-state index in [0.29, 0.717) is 12.1 Å². The van der Waals surface area contributed by atoms with Gasteiger partial charge in [-0.2, -0.15) is 0 Å². The Hall–Kier alpha value is -2.09. The summed E-state index contributed by atoms with van der Waals surface area (Å²) in [5.41, 5.74) is 10.5. The summed E-state index contributed by atoms with van der Waals surface area (Å²) in [4.78, 5) is 16.3. The Morgan fingerprint density at radius 3 is 2.79 bits per heavy atom. The van der Waals surface area contributed by atoms with Gasteiger partial charge in [-0.3, -0.25) is 15.8 Å². The number of pyridine rings is 1. The smallest absolute Gasteiger partial charge is 0.163 e. The molecule has 2 atom stereocenters. The molecule has 0 amide bonds. The lowest BCUT2D eigenvalue weighted by Gasteiger charge is -2.28. The van der Waals surface area contributed by atoms with E-state index in [-0.39, 0.29) is 5.41 Å². The Labute approximate surface area is 167 Å². The quantitative estimate of drug-likeness (QED) is 0.747. The molecule has 4 heterocycles. The van der Waals surface area contributed by atoms with E-state index in [0.717, 1.165) is 55.4 Å². The van der Waals surface area contributed by atoms with Crippen LogP contribution in [0, 0.1) is 5.41 Å². The second-order valence-corrected chi connectivity index (χ2v) is 8.98. The molecule has 2 aliphatic heterocycles. The number of likely N-dealkylation sites (N-methyl/N-ethyl adjacent to an activating group) is 1. The maximum atomic E-state index is 4.96. The first-order valence-corrected chi connectivity index (χ1v) is 10.1. The minimum Gasteiger partial charge on any atom is -0.358 e. The molecule has 7 nitrogen and oxygen atoms in total. The first kappa shape index (κ1) is 19.2. The number of anilines is 1. The minimum absolute atomic E-state index is 0.244. The maximum Gasteiger partial charge on any atom is 0.163 e. The zero-order valence-corrected chi connectivity index (χ0v) is 17.3. The molecular weight excluding hydrogens is 350 g/mol. The SMILES string of the molecule is CN(CC1CC(C(C)(C)C)NN1)c1nc(-c2cccnc2)nc2c1CCNC2. The second kappa shape index (κ2) is 7.73. The van der Waals surface area contributed by atoms with E-state index in [1.807, 2.05) is 18.3 Å². The van der Waals surface area contributed by atoms with Crippen LogP contribution in [0.25, 0.3) is 11.4 Å². The van der Waals surface area contributed by atoms with Crippen LogP contribution in [0.3, 0.4) is 0 Å². The monoisotopic (exact) mass is 381 g/mol. The van der Waals surface area contributed by atoms with Gasteiger partial charge in [0, 0.05) is 55.7 Å². The van der Waals surface area contributed by atoms with Crippen molar-refractivity contribution in [1.29, 1.82) is 0 Å². The number of rotatable bonds is 4. The highest BCUT2D eigenvalue weighted by molar-refractivity contribution is 5.60. The normalized spacial score (nSPS) is 22.1. The van der Waals surface area contributed by atoms with Crippen LogP contribution in [0.15, 0.2) is 24.5 Å². The predicted molar refractivity (Wildman–Crippen MR) is 112 cm³/mol. The van der Waals surface area contributed by atoms with Crippen LogP contribution in [0.5, 0.6) is 0 Å². The van der Waals surface area contributed by atoms with E-state index in [1.165, 1.54) is 5.56 Å². The van der Waals surface area contributed by atoms with Gasteiger partial charge in [-0.25, -0.2) is 9.97 Å². The number of nitrogens with zero attached hydrogens (tertiary/aromatic N) is 4. The van der Waals surface area contributed by atoms with Gasteiger partial charge in [-0.05, 0) is 36.9 Å². The summed E-state index contributed by atoms with van der Waals surface area (Å²) in [6.45, 7) is 9.52. The van der Waals surface area contributed by atoms with Crippen LogP contribution in [-0.2, 0) is 13.0 Å². The number of nitrogens with one attached hydrogen (secondary N) is 3. The van der Waals surface area contributed by atoms with Gasteiger partial charge < -0.3 is 10.2 Å². The van der Waals surface area contributed by atoms with E-state index < -0.39 is 0 Å². The Bertz CT molecular complexity index is 815. The molecular formula is C21H31N7. The fraction of sp³-hybridized carbons (Fsp3) is 0.571. The molecule has 0 radical (unpaired) electrons. The first-order valence-electron chi connectivity index (χ1n) is 10.1. The fourth-order valence-electron chi connectivity index (χ4n) is 4.01. The molecule has 3 N–H and O–H groups in total. The molecule has 1 saturated heterocycles. The summed E-state index contributed by atoms with van der Waals surface area (Å²) in [7, 11) is 2.14. The standard InChI is InChI=1S/C21H31N7/c1-21(2,3)18-10-15(26-27-18)13-28(4)20-16-7-9-23-12-17(16)24-19(25-20)14-6-5-8-22-11-14/h5-6,8,11,15,18,23,26-27H,7,9-10,12-13H2,1-4H3. The molecule has 150 valence electrons. The molecule has 2 aromatic rings. The molecule has 1 fully saturated rings. The van der Waals surface area contributed by atoms with Crippen molar-refractivity contribution in [1.82, 2.24) is 31.1 Å². The van der Waals surface area contributed by atoms with E-state index >= 15 is 0 Å². The highest BCUT2D eigenvalue weighted by Crippen LogP contribution is 2.29. The number of hydrogen-bond acceptors (Lipinski definition) is 7. The van der Waals surface area contributed by atoms with Crippen LogP contribution in [0.1, 0.15) is 38.4 Å². The lowest BCUT2D eigenvalue weighted by molar-refractivity contribution is 0.286. The highest BCUT2D eigenvalue weighted by atomic mass is 15.4. The zero-order valence-electron chi connectivity index (χ0n) is 17.3. The Morgan fingerprint density at radius 1 is 1.21 bits per heavy atom. The lowest BCUT2D eigenvalue weighted by atomic mass is 9.84. The van der Waals surface area contributed by atoms with Crippen LogP contribution in [0.4, 0.5) is 5.82 Å². The summed E-state index contributed by atoms with van der Waals surface area (Å²) < 4.78 is 0. The zero-order chi connectivity index (χ0) is 19.7. The molecule has 2 aromatic heterocycles. The van der Waals surface area contributed by atoms with Crippen molar-refractivity contribution in [2.45, 2.75) is 52.2 Å². The van der Waals surface area contributed by atoms with Gasteiger partial charge in [0.1, 0.15) is 5.82 Å². The molecule has 2 unspecified atom stereocenters. The third kappa shape index (κ3) is 4.01. The van der Waals surface area contributed by atoms with Crippen LogP contribution < -0.4 is 21.1 Å². The second-order valence-electron chi connectivity index (χ2n) is 8.98. The van der Waals surface area contributed by atoms with Gasteiger partial charge in [0.25, 0.3) is 0 Å². The van der Waals surface area contributed by atoms with Crippen molar-refractivity contribution in [3.8, 4) is 11.4 Å². The van der Waals surface area contributed by atoms with Crippen LogP contribution >= 0.6 is 0 Å². The molecule has 0 aromatic carbocycles. The largest absolute Gasteiger partial charge is 0.358 e.